The van der Waals surface area contributed by atoms with Gasteiger partial charge in [-0.15, -0.1) is 12.6 Å². The smallest absolute Gasteiger partial charge is 0.0450 e. The summed E-state index contributed by atoms with van der Waals surface area (Å²) in [6.07, 6.45) is 21.7. The second kappa shape index (κ2) is 13.7. The van der Waals surface area contributed by atoms with E-state index in [4.69, 9.17) is 0 Å². The van der Waals surface area contributed by atoms with E-state index in [1.165, 1.54) is 42.6 Å². The fourth-order valence-corrected chi connectivity index (χ4v) is 5.05. The van der Waals surface area contributed by atoms with Gasteiger partial charge < -0.3 is 4.90 Å². The van der Waals surface area contributed by atoms with Gasteiger partial charge >= 0.3 is 0 Å². The third-order valence-electron chi connectivity index (χ3n) is 7.11. The second-order valence-electron chi connectivity index (χ2n) is 10.5. The average Bonchev–Trinajstić information content (AvgIpc) is 3.05. The Morgan fingerprint density at radius 1 is 1.08 bits per heavy atom. The monoisotopic (exact) mass is 502 g/mol. The lowest BCUT2D eigenvalue weighted by Gasteiger charge is -2.27. The molecule has 0 spiro atoms. The van der Waals surface area contributed by atoms with Crippen molar-refractivity contribution in [2.45, 2.75) is 72.6 Å². The van der Waals surface area contributed by atoms with Crippen molar-refractivity contribution in [2.24, 2.45) is 10.4 Å². The Morgan fingerprint density at radius 2 is 1.81 bits per heavy atom. The molecule has 36 heavy (non-hydrogen) atoms. The fraction of sp³-hybridized carbons (Fsp3) is 0.424. The maximum absolute atomic E-state index is 4.56. The first-order chi connectivity index (χ1) is 17.1. The van der Waals surface area contributed by atoms with E-state index in [2.05, 4.69) is 118 Å². The Balaban J connectivity index is 2.23. The quantitative estimate of drug-likeness (QED) is 0.130. The summed E-state index contributed by atoms with van der Waals surface area (Å²) >= 11 is 4.53. The molecule has 0 radical (unpaired) electrons. The topological polar surface area (TPSA) is 15.6 Å². The van der Waals surface area contributed by atoms with Crippen molar-refractivity contribution in [1.29, 1.82) is 0 Å². The molecule has 194 valence electrons. The first kappa shape index (κ1) is 29.7. The molecule has 0 unspecified atom stereocenters. The molecule has 1 aliphatic rings. The van der Waals surface area contributed by atoms with Crippen molar-refractivity contribution in [2.75, 3.05) is 18.5 Å². The molecule has 1 aromatic rings. The summed E-state index contributed by atoms with van der Waals surface area (Å²) in [5.74, 6) is 0. The van der Waals surface area contributed by atoms with Crippen LogP contribution < -0.4 is 4.90 Å². The van der Waals surface area contributed by atoms with Gasteiger partial charge in [-0.05, 0) is 48.8 Å². The molecular formula is C33H46N2S. The molecule has 0 bridgehead atoms. The van der Waals surface area contributed by atoms with E-state index in [0.717, 1.165) is 22.7 Å². The van der Waals surface area contributed by atoms with Crippen molar-refractivity contribution in [1.82, 2.24) is 0 Å². The number of hydrogen-bond donors (Lipinski definition) is 1. The van der Waals surface area contributed by atoms with E-state index in [1.807, 2.05) is 32.2 Å². The molecule has 0 saturated carbocycles. The number of nitrogens with zero attached hydrogens (tertiary/aromatic N) is 2. The van der Waals surface area contributed by atoms with Gasteiger partial charge in [-0.25, -0.2) is 0 Å². The number of benzene rings is 1. The molecule has 3 heteroatoms. The molecule has 0 aliphatic carbocycles. The maximum Gasteiger partial charge on any atom is 0.0450 e. The number of thiol groups is 1. The molecule has 0 N–H and O–H groups in total. The van der Waals surface area contributed by atoms with Gasteiger partial charge in [0.05, 0.1) is 0 Å². The summed E-state index contributed by atoms with van der Waals surface area (Å²) < 4.78 is 0. The van der Waals surface area contributed by atoms with Gasteiger partial charge in [-0.1, -0.05) is 109 Å². The Hall–Kier alpha value is -2.52. The van der Waals surface area contributed by atoms with Crippen molar-refractivity contribution in [3.05, 3.63) is 101 Å². The van der Waals surface area contributed by atoms with Crippen LogP contribution in [0.4, 0.5) is 5.69 Å². The van der Waals surface area contributed by atoms with Crippen LogP contribution in [0.15, 0.2) is 101 Å². The van der Waals surface area contributed by atoms with Gasteiger partial charge in [-0.3, -0.25) is 4.99 Å². The molecule has 0 atom stereocenters. The third-order valence-corrected chi connectivity index (χ3v) is 7.39. The van der Waals surface area contributed by atoms with Gasteiger partial charge in [0, 0.05) is 46.4 Å². The van der Waals surface area contributed by atoms with Crippen molar-refractivity contribution in [3.63, 3.8) is 0 Å². The highest BCUT2D eigenvalue weighted by molar-refractivity contribution is 7.84. The van der Waals surface area contributed by atoms with E-state index in [9.17, 15) is 0 Å². The van der Waals surface area contributed by atoms with Crippen molar-refractivity contribution < 1.29 is 0 Å². The number of anilines is 1. The lowest BCUT2D eigenvalue weighted by atomic mass is 9.79. The van der Waals surface area contributed by atoms with Crippen LogP contribution in [0, 0.1) is 5.41 Å². The van der Waals surface area contributed by atoms with Gasteiger partial charge in [0.15, 0.2) is 0 Å². The zero-order valence-electron chi connectivity index (χ0n) is 23.5. The van der Waals surface area contributed by atoms with E-state index in [1.54, 1.807) is 0 Å². The van der Waals surface area contributed by atoms with Crippen LogP contribution in [0.3, 0.4) is 0 Å². The van der Waals surface area contributed by atoms with Crippen molar-refractivity contribution >= 4 is 24.0 Å². The lowest BCUT2D eigenvalue weighted by Crippen LogP contribution is -2.27. The Kier molecular flexibility index (Phi) is 11.3. The number of aliphatic imine (C=N–C) groups is 1. The molecule has 0 fully saturated rings. The minimum Gasteiger partial charge on any atom is -0.344 e. The van der Waals surface area contributed by atoms with Gasteiger partial charge in [-0.2, -0.15) is 0 Å². The first-order valence-electron chi connectivity index (χ1n) is 13.2. The molecule has 0 saturated heterocycles. The van der Waals surface area contributed by atoms with Gasteiger partial charge in [0.1, 0.15) is 0 Å². The van der Waals surface area contributed by atoms with Crippen LogP contribution in [0.1, 0.15) is 72.8 Å². The molecule has 1 aromatic carbocycles. The number of allylic oxidation sites excluding steroid dienone is 10. The summed E-state index contributed by atoms with van der Waals surface area (Å²) in [7, 11) is 1.84. The zero-order chi connectivity index (χ0) is 26.8. The zero-order valence-corrected chi connectivity index (χ0v) is 24.4. The number of hydrogen-bond acceptors (Lipinski definition) is 3. The summed E-state index contributed by atoms with van der Waals surface area (Å²) in [5, 5.41) is 0. The lowest BCUT2D eigenvalue weighted by molar-refractivity contribution is 0.612. The Morgan fingerprint density at radius 3 is 2.47 bits per heavy atom. The van der Waals surface area contributed by atoms with E-state index >= 15 is 0 Å². The van der Waals surface area contributed by atoms with Crippen LogP contribution in [0.2, 0.25) is 0 Å². The number of fused-ring (bicyclic) bond motifs is 1. The molecule has 1 heterocycles. The first-order valence-corrected chi connectivity index (χ1v) is 13.7. The van der Waals surface area contributed by atoms with Gasteiger partial charge in [0.2, 0.25) is 0 Å². The molecule has 0 aromatic heterocycles. The Bertz CT molecular complexity index is 1080. The highest BCUT2D eigenvalue weighted by Crippen LogP contribution is 2.47. The second-order valence-corrected chi connectivity index (χ2v) is 11.0. The summed E-state index contributed by atoms with van der Waals surface area (Å²) in [4.78, 5) is 7.97. The number of para-hydroxylation sites is 1. The maximum atomic E-state index is 4.56. The van der Waals surface area contributed by atoms with E-state index in [-0.39, 0.29) is 10.8 Å². The number of unbranched alkanes of at least 4 members (excludes halogenated alkanes) is 3. The predicted molar refractivity (Wildman–Crippen MR) is 165 cm³/mol. The number of rotatable bonds is 12. The standard InChI is InChI=1S/C33H46N2S/c1-9-11-12-18-24-35-29-21-17-16-20-28(29)33(6,7)31(35)23-15-13-14-22-30(34-8)32(4,5)26(3)25-27(36)19-10-2/h10,13-17,19-23,25,36H,3,9,11-12,18,24H2,1-2,4-8H3/b15-13+,19-10-,22-14+,27-25+,31-23+,34-30+. The van der Waals surface area contributed by atoms with Crippen LogP contribution in [-0.4, -0.2) is 19.3 Å². The highest BCUT2D eigenvalue weighted by atomic mass is 32.1. The molecule has 1 aliphatic heterocycles. The highest BCUT2D eigenvalue weighted by Gasteiger charge is 2.39. The summed E-state index contributed by atoms with van der Waals surface area (Å²) in [6, 6.07) is 8.85. The van der Waals surface area contributed by atoms with Crippen LogP contribution in [0.5, 0.6) is 0 Å². The van der Waals surface area contributed by atoms with Crippen LogP contribution in [0.25, 0.3) is 0 Å². The normalized spacial score (nSPS) is 17.8. The van der Waals surface area contributed by atoms with Crippen molar-refractivity contribution in [3.8, 4) is 0 Å². The van der Waals surface area contributed by atoms with Gasteiger partial charge in [0.25, 0.3) is 0 Å². The summed E-state index contributed by atoms with van der Waals surface area (Å²) in [5.41, 5.74) is 5.76. The Labute approximate surface area is 226 Å². The third kappa shape index (κ3) is 7.26. The molecule has 2 nitrogen and oxygen atoms in total. The van der Waals surface area contributed by atoms with E-state index < -0.39 is 0 Å². The molecule has 0 amide bonds. The SMILES string of the molecule is C=C(/C=C(S)\C=C/C)C(C)(C)C(/C=C/C=C/C=C1/N(CCCCCC)c2ccccc2C1(C)C)=N/C. The largest absolute Gasteiger partial charge is 0.344 e. The molecular weight excluding hydrogens is 456 g/mol. The minimum absolute atomic E-state index is 0.0188. The van der Waals surface area contributed by atoms with E-state index in [0.29, 0.717) is 0 Å². The minimum atomic E-state index is -0.294. The molecule has 2 rings (SSSR count). The fourth-order valence-electron chi connectivity index (χ4n) is 4.74. The van der Waals surface area contributed by atoms with Crippen LogP contribution >= 0.6 is 12.6 Å². The predicted octanol–water partition coefficient (Wildman–Crippen LogP) is 9.40. The average molecular weight is 503 g/mol. The van der Waals surface area contributed by atoms with Crippen LogP contribution in [-0.2, 0) is 5.41 Å². The summed E-state index contributed by atoms with van der Waals surface area (Å²) in [6.45, 7) is 18.6.